The van der Waals surface area contributed by atoms with Crippen LogP contribution in [0, 0.1) is 5.41 Å². The molecule has 1 aromatic heterocycles. The molecule has 0 fully saturated rings. The zero-order valence-corrected chi connectivity index (χ0v) is 15.8. The van der Waals surface area contributed by atoms with Crippen molar-refractivity contribution in [3.63, 3.8) is 0 Å². The third-order valence-electron chi connectivity index (χ3n) is 5.12. The summed E-state index contributed by atoms with van der Waals surface area (Å²) in [4.78, 5) is 21.7. The van der Waals surface area contributed by atoms with Crippen LogP contribution in [-0.4, -0.2) is 16.3 Å². The first-order valence-corrected chi connectivity index (χ1v) is 9.24. The van der Waals surface area contributed by atoms with Gasteiger partial charge in [-0.2, -0.15) is 0 Å². The minimum absolute atomic E-state index is 0.0939. The Labute approximate surface area is 155 Å². The van der Waals surface area contributed by atoms with Gasteiger partial charge in [-0.3, -0.25) is 14.4 Å². The van der Waals surface area contributed by atoms with Gasteiger partial charge in [0.25, 0.3) is 5.56 Å². The summed E-state index contributed by atoms with van der Waals surface area (Å²) in [6, 6.07) is 6.04. The summed E-state index contributed by atoms with van der Waals surface area (Å²) in [7, 11) is 0. The number of aliphatic imine (C=N–C) groups is 1. The Morgan fingerprint density at radius 3 is 2.96 bits per heavy atom. The van der Waals surface area contributed by atoms with E-state index in [1.165, 1.54) is 5.56 Å². The Bertz CT molecular complexity index is 934. The van der Waals surface area contributed by atoms with Crippen LogP contribution < -0.4 is 5.56 Å². The number of hydrogen-bond acceptors (Lipinski definition) is 3. The summed E-state index contributed by atoms with van der Waals surface area (Å²) in [6.07, 6.45) is 8.32. The first-order valence-electron chi connectivity index (χ1n) is 9.24. The maximum atomic E-state index is 12.9. The van der Waals surface area contributed by atoms with Crippen LogP contribution in [0.25, 0.3) is 10.9 Å². The standard InChI is InChI=1S/C22H27N3O/c1-5-7-17(23-4)9-6-8-16-10-11-18-19(14-16)24-20-12-13-22(2,3)15-25(20)21(18)26/h5,7,10-11,14H,1,4,6,8-9,12-13,15H2,2-3H3/b17-7-. The number of aromatic nitrogens is 2. The molecule has 4 nitrogen and oxygen atoms in total. The van der Waals surface area contributed by atoms with Crippen molar-refractivity contribution in [2.75, 3.05) is 0 Å². The third kappa shape index (κ3) is 3.85. The van der Waals surface area contributed by atoms with E-state index >= 15 is 0 Å². The van der Waals surface area contributed by atoms with E-state index in [1.54, 1.807) is 6.08 Å². The van der Waals surface area contributed by atoms with Gasteiger partial charge in [0.1, 0.15) is 5.82 Å². The zero-order chi connectivity index (χ0) is 18.7. The van der Waals surface area contributed by atoms with Crippen LogP contribution in [0.3, 0.4) is 0 Å². The smallest absolute Gasteiger partial charge is 0.261 e. The maximum absolute atomic E-state index is 12.9. The lowest BCUT2D eigenvalue weighted by Crippen LogP contribution is -2.36. The molecule has 0 saturated carbocycles. The average Bonchev–Trinajstić information content (AvgIpc) is 2.61. The number of aryl methyl sites for hydroxylation is 2. The molecule has 0 atom stereocenters. The number of hydrogen-bond donors (Lipinski definition) is 0. The van der Waals surface area contributed by atoms with Crippen molar-refractivity contribution in [2.24, 2.45) is 10.4 Å². The molecule has 0 aliphatic carbocycles. The van der Waals surface area contributed by atoms with Gasteiger partial charge < -0.3 is 0 Å². The molecule has 0 spiro atoms. The SMILES string of the molecule is C=C/C=C(/CCCc1ccc2c(=O)n3c(nc2c1)CCC(C)(C)C3)N=C. The number of allylic oxidation sites excluding steroid dienone is 3. The number of nitrogens with zero attached hydrogens (tertiary/aromatic N) is 3. The van der Waals surface area contributed by atoms with Crippen molar-refractivity contribution < 1.29 is 0 Å². The quantitative estimate of drug-likeness (QED) is 0.571. The topological polar surface area (TPSA) is 47.2 Å². The largest absolute Gasteiger partial charge is 0.296 e. The minimum atomic E-state index is 0.0939. The molecular weight excluding hydrogens is 322 g/mol. The molecule has 3 rings (SSSR count). The molecule has 2 aromatic rings. The monoisotopic (exact) mass is 349 g/mol. The van der Waals surface area contributed by atoms with Crippen molar-refractivity contribution >= 4 is 17.6 Å². The number of rotatable bonds is 6. The molecule has 0 saturated heterocycles. The molecule has 26 heavy (non-hydrogen) atoms. The predicted octanol–water partition coefficient (Wildman–Crippen LogP) is 4.46. The van der Waals surface area contributed by atoms with Gasteiger partial charge in [0.15, 0.2) is 0 Å². The van der Waals surface area contributed by atoms with Crippen LogP contribution in [0.5, 0.6) is 0 Å². The Kier molecular flexibility index (Phi) is 5.21. The van der Waals surface area contributed by atoms with Gasteiger partial charge >= 0.3 is 0 Å². The molecule has 136 valence electrons. The molecule has 0 unspecified atom stereocenters. The Hall–Kier alpha value is -2.49. The summed E-state index contributed by atoms with van der Waals surface area (Å²) in [5.41, 5.74) is 3.22. The third-order valence-corrected chi connectivity index (χ3v) is 5.12. The van der Waals surface area contributed by atoms with Gasteiger partial charge in [-0.25, -0.2) is 4.98 Å². The minimum Gasteiger partial charge on any atom is -0.296 e. The fourth-order valence-corrected chi connectivity index (χ4v) is 3.60. The van der Waals surface area contributed by atoms with E-state index in [4.69, 9.17) is 4.98 Å². The lowest BCUT2D eigenvalue weighted by molar-refractivity contribution is 0.240. The Balaban J connectivity index is 1.84. The van der Waals surface area contributed by atoms with E-state index in [0.29, 0.717) is 0 Å². The Morgan fingerprint density at radius 1 is 1.42 bits per heavy atom. The number of fused-ring (bicyclic) bond motifs is 2. The van der Waals surface area contributed by atoms with E-state index < -0.39 is 0 Å². The first kappa shape index (κ1) is 18.3. The fraction of sp³-hybridized carbons (Fsp3) is 0.409. The molecule has 1 aliphatic rings. The van der Waals surface area contributed by atoms with Crippen LogP contribution in [0.15, 0.2) is 52.4 Å². The van der Waals surface area contributed by atoms with Gasteiger partial charge in [-0.15, -0.1) is 0 Å². The second kappa shape index (κ2) is 7.40. The second-order valence-electron chi connectivity index (χ2n) is 7.84. The summed E-state index contributed by atoms with van der Waals surface area (Å²) in [6.45, 7) is 12.5. The highest BCUT2D eigenvalue weighted by molar-refractivity contribution is 5.78. The van der Waals surface area contributed by atoms with Crippen LogP contribution in [-0.2, 0) is 19.4 Å². The Morgan fingerprint density at radius 2 is 2.23 bits per heavy atom. The molecule has 1 aromatic carbocycles. The van der Waals surface area contributed by atoms with E-state index in [1.807, 2.05) is 22.8 Å². The molecular formula is C22H27N3O. The van der Waals surface area contributed by atoms with Crippen molar-refractivity contribution in [2.45, 2.75) is 52.5 Å². The van der Waals surface area contributed by atoms with Gasteiger partial charge in [-0.1, -0.05) is 32.6 Å². The lowest BCUT2D eigenvalue weighted by atomic mass is 9.85. The lowest BCUT2D eigenvalue weighted by Gasteiger charge is -2.31. The van der Waals surface area contributed by atoms with E-state index in [0.717, 1.165) is 61.1 Å². The zero-order valence-electron chi connectivity index (χ0n) is 15.8. The van der Waals surface area contributed by atoms with Crippen molar-refractivity contribution in [3.8, 4) is 0 Å². The van der Waals surface area contributed by atoms with Crippen molar-refractivity contribution in [1.29, 1.82) is 0 Å². The highest BCUT2D eigenvalue weighted by Crippen LogP contribution is 2.29. The normalized spacial score (nSPS) is 16.3. The second-order valence-corrected chi connectivity index (χ2v) is 7.84. The van der Waals surface area contributed by atoms with E-state index in [2.05, 4.69) is 38.2 Å². The van der Waals surface area contributed by atoms with E-state index in [9.17, 15) is 4.79 Å². The van der Waals surface area contributed by atoms with Crippen LogP contribution >= 0.6 is 0 Å². The van der Waals surface area contributed by atoms with E-state index in [-0.39, 0.29) is 11.0 Å². The molecule has 2 heterocycles. The van der Waals surface area contributed by atoms with Crippen molar-refractivity contribution in [1.82, 2.24) is 9.55 Å². The molecule has 0 N–H and O–H groups in total. The van der Waals surface area contributed by atoms with Crippen molar-refractivity contribution in [3.05, 3.63) is 64.4 Å². The average molecular weight is 349 g/mol. The summed E-state index contributed by atoms with van der Waals surface area (Å²) >= 11 is 0. The first-order chi connectivity index (χ1) is 12.4. The molecule has 0 radical (unpaired) electrons. The molecule has 0 amide bonds. The van der Waals surface area contributed by atoms with Crippen LogP contribution in [0.4, 0.5) is 0 Å². The maximum Gasteiger partial charge on any atom is 0.261 e. The summed E-state index contributed by atoms with van der Waals surface area (Å²) in [5.74, 6) is 0.922. The van der Waals surface area contributed by atoms with Crippen LogP contribution in [0.2, 0.25) is 0 Å². The molecule has 4 heteroatoms. The highest BCUT2D eigenvalue weighted by Gasteiger charge is 2.27. The predicted molar refractivity (Wildman–Crippen MR) is 109 cm³/mol. The molecule has 1 aliphatic heterocycles. The highest BCUT2D eigenvalue weighted by atomic mass is 16.1. The van der Waals surface area contributed by atoms with Gasteiger partial charge in [0.2, 0.25) is 0 Å². The van der Waals surface area contributed by atoms with Gasteiger partial charge in [0.05, 0.1) is 10.9 Å². The van der Waals surface area contributed by atoms with Crippen LogP contribution in [0.1, 0.15) is 44.5 Å². The fourth-order valence-electron chi connectivity index (χ4n) is 3.60. The summed E-state index contributed by atoms with van der Waals surface area (Å²) in [5, 5.41) is 0.718. The van der Waals surface area contributed by atoms with Gasteiger partial charge in [-0.05, 0) is 61.6 Å². The van der Waals surface area contributed by atoms with Gasteiger partial charge in [0, 0.05) is 18.7 Å². The number of benzene rings is 1. The molecule has 0 bridgehead atoms. The summed E-state index contributed by atoms with van der Waals surface area (Å²) < 4.78 is 1.87.